The molecule has 0 aromatic carbocycles. The molecule has 0 aliphatic carbocycles. The number of rotatable bonds is 5. The van der Waals surface area contributed by atoms with Crippen molar-refractivity contribution in [3.05, 3.63) is 33.4 Å². The van der Waals surface area contributed by atoms with Gasteiger partial charge >= 0.3 is 0 Å². The molecule has 0 aliphatic heterocycles. The van der Waals surface area contributed by atoms with E-state index in [1.165, 1.54) is 0 Å². The molecule has 0 spiro atoms. The summed E-state index contributed by atoms with van der Waals surface area (Å²) in [5, 5.41) is 7.55. The fourth-order valence-electron chi connectivity index (χ4n) is 1.57. The molecule has 2 aromatic rings. The van der Waals surface area contributed by atoms with E-state index in [1.807, 2.05) is 19.3 Å². The Hall–Kier alpha value is -1.02. The summed E-state index contributed by atoms with van der Waals surface area (Å²) in [5.41, 5.74) is 2.13. The number of nitrogens with zero attached hydrogens (tertiary/aromatic N) is 4. The summed E-state index contributed by atoms with van der Waals surface area (Å²) in [5.74, 6) is 0.620. The Morgan fingerprint density at radius 1 is 1.39 bits per heavy atom. The maximum Gasteiger partial charge on any atom is 0.250 e. The van der Waals surface area contributed by atoms with E-state index in [0.717, 1.165) is 34.3 Å². The van der Waals surface area contributed by atoms with Crippen LogP contribution in [0, 0.1) is 10.5 Å². The van der Waals surface area contributed by atoms with E-state index in [-0.39, 0.29) is 0 Å². The van der Waals surface area contributed by atoms with Crippen LogP contribution in [-0.4, -0.2) is 26.3 Å². The summed E-state index contributed by atoms with van der Waals surface area (Å²) in [7, 11) is 0. The molecule has 0 saturated heterocycles. The highest BCUT2D eigenvalue weighted by molar-refractivity contribution is 14.1. The van der Waals surface area contributed by atoms with Gasteiger partial charge in [-0.15, -0.1) is 0 Å². The van der Waals surface area contributed by atoms with Crippen LogP contribution in [0.1, 0.15) is 24.6 Å². The van der Waals surface area contributed by atoms with E-state index in [0.29, 0.717) is 5.95 Å². The van der Waals surface area contributed by atoms with Crippen LogP contribution in [0.5, 0.6) is 0 Å². The van der Waals surface area contributed by atoms with Crippen LogP contribution >= 0.6 is 22.6 Å². The number of hydrogen-bond acceptors (Lipinski definition) is 4. The third kappa shape index (κ3) is 3.26. The standard InChI is InChI=1S/C12H16IN5/c1-3-4-14-5-10-6-15-12(17-9(10)2)18-8-11(13)7-16-18/h6-8,14H,3-5H2,1-2H3. The molecule has 0 fully saturated rings. The topological polar surface area (TPSA) is 55.6 Å². The predicted octanol–water partition coefficient (Wildman–Crippen LogP) is 2.07. The summed E-state index contributed by atoms with van der Waals surface area (Å²) < 4.78 is 2.76. The Balaban J connectivity index is 2.14. The van der Waals surface area contributed by atoms with Gasteiger partial charge in [-0.25, -0.2) is 14.6 Å². The average Bonchev–Trinajstić information content (AvgIpc) is 2.78. The molecule has 0 bridgehead atoms. The second-order valence-electron chi connectivity index (χ2n) is 4.06. The quantitative estimate of drug-likeness (QED) is 0.658. The molecule has 0 saturated carbocycles. The molecule has 2 heterocycles. The normalized spacial score (nSPS) is 10.8. The second kappa shape index (κ2) is 6.24. The molecule has 0 radical (unpaired) electrons. The van der Waals surface area contributed by atoms with Crippen LogP contribution in [0.2, 0.25) is 0 Å². The Morgan fingerprint density at radius 2 is 2.22 bits per heavy atom. The summed E-state index contributed by atoms with van der Waals surface area (Å²) >= 11 is 2.22. The largest absolute Gasteiger partial charge is 0.313 e. The van der Waals surface area contributed by atoms with E-state index in [9.17, 15) is 0 Å². The van der Waals surface area contributed by atoms with Gasteiger partial charge in [0.2, 0.25) is 0 Å². The van der Waals surface area contributed by atoms with Crippen LogP contribution < -0.4 is 5.32 Å². The van der Waals surface area contributed by atoms with Gasteiger partial charge in [-0.3, -0.25) is 0 Å². The molecule has 0 unspecified atom stereocenters. The van der Waals surface area contributed by atoms with E-state index in [1.54, 1.807) is 10.9 Å². The van der Waals surface area contributed by atoms with Gasteiger partial charge in [-0.1, -0.05) is 6.92 Å². The molecule has 18 heavy (non-hydrogen) atoms. The van der Waals surface area contributed by atoms with Crippen molar-refractivity contribution in [2.75, 3.05) is 6.54 Å². The van der Waals surface area contributed by atoms with E-state index >= 15 is 0 Å². The minimum Gasteiger partial charge on any atom is -0.313 e. The molecule has 2 aromatic heterocycles. The molecular weight excluding hydrogens is 341 g/mol. The summed E-state index contributed by atoms with van der Waals surface area (Å²) in [4.78, 5) is 8.83. The van der Waals surface area contributed by atoms with Crippen molar-refractivity contribution in [2.24, 2.45) is 0 Å². The van der Waals surface area contributed by atoms with Crippen LogP contribution in [0.25, 0.3) is 5.95 Å². The highest BCUT2D eigenvalue weighted by atomic mass is 127. The lowest BCUT2D eigenvalue weighted by molar-refractivity contribution is 0.665. The molecule has 0 amide bonds. The SMILES string of the molecule is CCCNCc1cnc(-n2cc(I)cn2)nc1C. The maximum atomic E-state index is 4.48. The molecule has 5 nitrogen and oxygen atoms in total. The lowest BCUT2D eigenvalue weighted by Gasteiger charge is -2.07. The Labute approximate surface area is 120 Å². The first kappa shape index (κ1) is 13.4. The van der Waals surface area contributed by atoms with Gasteiger partial charge in [0.15, 0.2) is 0 Å². The zero-order valence-corrected chi connectivity index (χ0v) is 12.7. The lowest BCUT2D eigenvalue weighted by atomic mass is 10.2. The Bertz CT molecular complexity index is 523. The van der Waals surface area contributed by atoms with Gasteiger partial charge in [0.05, 0.1) is 9.77 Å². The minimum atomic E-state index is 0.620. The van der Waals surface area contributed by atoms with Crippen molar-refractivity contribution < 1.29 is 0 Å². The first-order chi connectivity index (χ1) is 8.70. The molecule has 2 rings (SSSR count). The second-order valence-corrected chi connectivity index (χ2v) is 5.31. The molecule has 96 valence electrons. The van der Waals surface area contributed by atoms with Crippen molar-refractivity contribution in [1.29, 1.82) is 0 Å². The van der Waals surface area contributed by atoms with Crippen molar-refractivity contribution in [1.82, 2.24) is 25.1 Å². The van der Waals surface area contributed by atoms with E-state index < -0.39 is 0 Å². The minimum absolute atomic E-state index is 0.620. The number of halogens is 1. The zero-order valence-electron chi connectivity index (χ0n) is 10.5. The van der Waals surface area contributed by atoms with Gasteiger partial charge in [0.25, 0.3) is 5.95 Å². The number of aromatic nitrogens is 4. The Kier molecular flexibility index (Phi) is 4.65. The van der Waals surface area contributed by atoms with Gasteiger partial charge in [0, 0.05) is 30.2 Å². The molecule has 0 aliphatic rings. The fourth-order valence-corrected chi connectivity index (χ4v) is 1.96. The molecule has 0 atom stereocenters. The summed E-state index contributed by atoms with van der Waals surface area (Å²) in [6.45, 7) is 5.98. The third-order valence-electron chi connectivity index (χ3n) is 2.57. The predicted molar refractivity (Wildman–Crippen MR) is 78.6 cm³/mol. The maximum absolute atomic E-state index is 4.48. The first-order valence-corrected chi connectivity index (χ1v) is 7.02. The van der Waals surface area contributed by atoms with Crippen molar-refractivity contribution >= 4 is 22.6 Å². The molecular formula is C12H16IN5. The van der Waals surface area contributed by atoms with Crippen LogP contribution in [0.4, 0.5) is 0 Å². The van der Waals surface area contributed by atoms with Crippen molar-refractivity contribution in [3.63, 3.8) is 0 Å². The fraction of sp³-hybridized carbons (Fsp3) is 0.417. The van der Waals surface area contributed by atoms with Gasteiger partial charge in [-0.2, -0.15) is 5.10 Å². The van der Waals surface area contributed by atoms with Crippen LogP contribution in [-0.2, 0) is 6.54 Å². The molecule has 6 heteroatoms. The monoisotopic (exact) mass is 357 g/mol. The van der Waals surface area contributed by atoms with Gasteiger partial charge in [-0.05, 0) is 42.5 Å². The highest BCUT2D eigenvalue weighted by Gasteiger charge is 2.05. The summed E-state index contributed by atoms with van der Waals surface area (Å²) in [6, 6.07) is 0. The van der Waals surface area contributed by atoms with E-state index in [2.05, 4.69) is 49.9 Å². The van der Waals surface area contributed by atoms with Crippen molar-refractivity contribution in [3.8, 4) is 5.95 Å². The smallest absolute Gasteiger partial charge is 0.250 e. The van der Waals surface area contributed by atoms with Gasteiger partial charge < -0.3 is 5.32 Å². The average molecular weight is 357 g/mol. The zero-order chi connectivity index (χ0) is 13.0. The van der Waals surface area contributed by atoms with Crippen molar-refractivity contribution in [2.45, 2.75) is 26.8 Å². The molecule has 1 N–H and O–H groups in total. The number of aryl methyl sites for hydroxylation is 1. The van der Waals surface area contributed by atoms with Crippen LogP contribution in [0.15, 0.2) is 18.6 Å². The first-order valence-electron chi connectivity index (χ1n) is 5.94. The summed E-state index contributed by atoms with van der Waals surface area (Å²) in [6.07, 6.45) is 6.69. The number of nitrogens with one attached hydrogen (secondary N) is 1. The lowest BCUT2D eigenvalue weighted by Crippen LogP contribution is -2.16. The highest BCUT2D eigenvalue weighted by Crippen LogP contribution is 2.09. The van der Waals surface area contributed by atoms with Crippen LogP contribution in [0.3, 0.4) is 0 Å². The van der Waals surface area contributed by atoms with Gasteiger partial charge in [0.1, 0.15) is 0 Å². The number of hydrogen-bond donors (Lipinski definition) is 1. The Morgan fingerprint density at radius 3 is 2.83 bits per heavy atom. The third-order valence-corrected chi connectivity index (χ3v) is 3.12. The van der Waals surface area contributed by atoms with E-state index in [4.69, 9.17) is 0 Å².